The molecule has 0 aromatic rings. The number of hydrogen-bond acceptors (Lipinski definition) is 3. The van der Waals surface area contributed by atoms with Crippen LogP contribution < -0.4 is 5.32 Å². The second-order valence-corrected chi connectivity index (χ2v) is 4.89. The van der Waals surface area contributed by atoms with Gasteiger partial charge in [0.05, 0.1) is 12.2 Å². The monoisotopic (exact) mass is 213 g/mol. The SMILES string of the molecule is OC1CCNCC1CCCC1CCCO1. The highest BCUT2D eigenvalue weighted by Crippen LogP contribution is 2.22. The van der Waals surface area contributed by atoms with Crippen LogP contribution in [0, 0.1) is 5.92 Å². The molecular formula is C12H23NO2. The minimum atomic E-state index is -0.0734. The number of hydrogen-bond donors (Lipinski definition) is 2. The largest absolute Gasteiger partial charge is 0.393 e. The van der Waals surface area contributed by atoms with Gasteiger partial charge in [-0.1, -0.05) is 6.42 Å². The van der Waals surface area contributed by atoms with E-state index >= 15 is 0 Å². The smallest absolute Gasteiger partial charge is 0.0592 e. The molecule has 2 saturated heterocycles. The van der Waals surface area contributed by atoms with Crippen molar-refractivity contribution in [1.82, 2.24) is 5.32 Å². The van der Waals surface area contributed by atoms with E-state index in [0.29, 0.717) is 12.0 Å². The van der Waals surface area contributed by atoms with Gasteiger partial charge in [0.1, 0.15) is 0 Å². The molecule has 0 aliphatic carbocycles. The molecule has 2 heterocycles. The summed E-state index contributed by atoms with van der Waals surface area (Å²) in [5, 5.41) is 13.1. The van der Waals surface area contributed by atoms with Crippen molar-refractivity contribution in [1.29, 1.82) is 0 Å². The summed E-state index contributed by atoms with van der Waals surface area (Å²) < 4.78 is 5.59. The minimum Gasteiger partial charge on any atom is -0.393 e. The molecule has 0 aromatic carbocycles. The Morgan fingerprint density at radius 3 is 2.93 bits per heavy atom. The Kier molecular flexibility index (Phi) is 4.42. The predicted octanol–water partition coefficient (Wildman–Crippen LogP) is 1.31. The molecule has 2 rings (SSSR count). The molecule has 3 atom stereocenters. The lowest BCUT2D eigenvalue weighted by atomic mass is 9.90. The Hall–Kier alpha value is -0.120. The van der Waals surface area contributed by atoms with E-state index in [-0.39, 0.29) is 6.10 Å². The van der Waals surface area contributed by atoms with Crippen LogP contribution in [0.15, 0.2) is 0 Å². The van der Waals surface area contributed by atoms with E-state index in [4.69, 9.17) is 4.74 Å². The van der Waals surface area contributed by atoms with E-state index in [0.717, 1.165) is 32.5 Å². The lowest BCUT2D eigenvalue weighted by Crippen LogP contribution is -2.39. The zero-order valence-electron chi connectivity index (χ0n) is 9.45. The van der Waals surface area contributed by atoms with Crippen molar-refractivity contribution in [2.75, 3.05) is 19.7 Å². The van der Waals surface area contributed by atoms with E-state index in [1.54, 1.807) is 0 Å². The second kappa shape index (κ2) is 5.83. The second-order valence-electron chi connectivity index (χ2n) is 4.89. The highest BCUT2D eigenvalue weighted by Gasteiger charge is 2.23. The molecule has 0 spiro atoms. The predicted molar refractivity (Wildman–Crippen MR) is 59.8 cm³/mol. The summed E-state index contributed by atoms with van der Waals surface area (Å²) >= 11 is 0. The molecule has 3 heteroatoms. The molecule has 0 bridgehead atoms. The van der Waals surface area contributed by atoms with Crippen LogP contribution in [-0.2, 0) is 4.74 Å². The Morgan fingerprint density at radius 2 is 2.20 bits per heavy atom. The quantitative estimate of drug-likeness (QED) is 0.740. The molecule has 15 heavy (non-hydrogen) atoms. The van der Waals surface area contributed by atoms with Gasteiger partial charge in [0.25, 0.3) is 0 Å². The van der Waals surface area contributed by atoms with Crippen molar-refractivity contribution in [3.8, 4) is 0 Å². The highest BCUT2D eigenvalue weighted by atomic mass is 16.5. The molecule has 2 aliphatic heterocycles. The maximum absolute atomic E-state index is 9.79. The fourth-order valence-corrected chi connectivity index (χ4v) is 2.68. The number of aliphatic hydroxyl groups is 1. The van der Waals surface area contributed by atoms with E-state index in [9.17, 15) is 5.11 Å². The zero-order chi connectivity index (χ0) is 10.5. The molecule has 3 nitrogen and oxygen atoms in total. The fourth-order valence-electron chi connectivity index (χ4n) is 2.68. The third-order valence-electron chi connectivity index (χ3n) is 3.69. The van der Waals surface area contributed by atoms with Crippen LogP contribution in [-0.4, -0.2) is 37.0 Å². The number of rotatable bonds is 4. The average Bonchev–Trinajstić information content (AvgIpc) is 2.74. The van der Waals surface area contributed by atoms with Gasteiger partial charge in [0.15, 0.2) is 0 Å². The lowest BCUT2D eigenvalue weighted by molar-refractivity contribution is 0.0655. The number of aliphatic hydroxyl groups excluding tert-OH is 1. The van der Waals surface area contributed by atoms with E-state index in [1.165, 1.54) is 25.7 Å². The van der Waals surface area contributed by atoms with Gasteiger partial charge in [-0.15, -0.1) is 0 Å². The van der Waals surface area contributed by atoms with Gasteiger partial charge in [-0.3, -0.25) is 0 Å². The van der Waals surface area contributed by atoms with Crippen molar-refractivity contribution in [3.63, 3.8) is 0 Å². The molecule has 2 aliphatic rings. The van der Waals surface area contributed by atoms with Crippen LogP contribution in [0.3, 0.4) is 0 Å². The van der Waals surface area contributed by atoms with Crippen molar-refractivity contribution in [2.45, 2.75) is 50.7 Å². The van der Waals surface area contributed by atoms with Crippen molar-refractivity contribution >= 4 is 0 Å². The van der Waals surface area contributed by atoms with Gasteiger partial charge >= 0.3 is 0 Å². The first kappa shape index (κ1) is 11.4. The van der Waals surface area contributed by atoms with E-state index < -0.39 is 0 Å². The standard InChI is InChI=1S/C12H23NO2/c14-12-6-7-13-9-10(12)3-1-4-11-5-2-8-15-11/h10-14H,1-9H2. The first-order valence-electron chi connectivity index (χ1n) is 6.36. The Balaban J connectivity index is 1.59. The van der Waals surface area contributed by atoms with E-state index in [1.807, 2.05) is 0 Å². The molecule has 0 radical (unpaired) electrons. The van der Waals surface area contributed by atoms with E-state index in [2.05, 4.69) is 5.32 Å². The summed E-state index contributed by atoms with van der Waals surface area (Å²) in [6.07, 6.45) is 7.37. The highest BCUT2D eigenvalue weighted by molar-refractivity contribution is 4.77. The normalized spacial score (nSPS) is 37.0. The van der Waals surface area contributed by atoms with Gasteiger partial charge in [0, 0.05) is 13.2 Å². The van der Waals surface area contributed by atoms with Crippen LogP contribution in [0.4, 0.5) is 0 Å². The molecule has 3 unspecified atom stereocenters. The van der Waals surface area contributed by atoms with Crippen LogP contribution in [0.1, 0.15) is 38.5 Å². The first-order chi connectivity index (χ1) is 7.36. The molecule has 2 N–H and O–H groups in total. The van der Waals surface area contributed by atoms with Gasteiger partial charge in [-0.2, -0.15) is 0 Å². The number of nitrogens with one attached hydrogen (secondary N) is 1. The lowest BCUT2D eigenvalue weighted by Gasteiger charge is -2.28. The summed E-state index contributed by atoms with van der Waals surface area (Å²) in [6, 6.07) is 0. The molecule has 88 valence electrons. The van der Waals surface area contributed by atoms with Crippen molar-refractivity contribution < 1.29 is 9.84 Å². The summed E-state index contributed by atoms with van der Waals surface area (Å²) in [4.78, 5) is 0. The average molecular weight is 213 g/mol. The summed E-state index contributed by atoms with van der Waals surface area (Å²) in [7, 11) is 0. The van der Waals surface area contributed by atoms with Crippen LogP contribution in [0.5, 0.6) is 0 Å². The van der Waals surface area contributed by atoms with Crippen molar-refractivity contribution in [3.05, 3.63) is 0 Å². The molecule has 0 aromatic heterocycles. The van der Waals surface area contributed by atoms with Crippen LogP contribution in [0.25, 0.3) is 0 Å². The maximum Gasteiger partial charge on any atom is 0.0592 e. The van der Waals surface area contributed by atoms with Gasteiger partial charge < -0.3 is 15.2 Å². The molecule has 0 amide bonds. The number of ether oxygens (including phenoxy) is 1. The van der Waals surface area contributed by atoms with Gasteiger partial charge in [0.2, 0.25) is 0 Å². The Morgan fingerprint density at radius 1 is 1.27 bits per heavy atom. The fraction of sp³-hybridized carbons (Fsp3) is 1.00. The first-order valence-corrected chi connectivity index (χ1v) is 6.36. The van der Waals surface area contributed by atoms with Crippen LogP contribution >= 0.6 is 0 Å². The van der Waals surface area contributed by atoms with Gasteiger partial charge in [-0.25, -0.2) is 0 Å². The van der Waals surface area contributed by atoms with Crippen LogP contribution in [0.2, 0.25) is 0 Å². The number of piperidine rings is 1. The molecular weight excluding hydrogens is 190 g/mol. The summed E-state index contributed by atoms with van der Waals surface area (Å²) in [5.74, 6) is 0.472. The summed E-state index contributed by atoms with van der Waals surface area (Å²) in [5.41, 5.74) is 0. The molecule has 2 fully saturated rings. The Labute approximate surface area is 92.2 Å². The zero-order valence-corrected chi connectivity index (χ0v) is 9.45. The maximum atomic E-state index is 9.79. The third kappa shape index (κ3) is 3.44. The minimum absolute atomic E-state index is 0.0734. The third-order valence-corrected chi connectivity index (χ3v) is 3.69. The summed E-state index contributed by atoms with van der Waals surface area (Å²) in [6.45, 7) is 2.92. The Bertz CT molecular complexity index is 180. The topological polar surface area (TPSA) is 41.5 Å². The van der Waals surface area contributed by atoms with Gasteiger partial charge in [-0.05, 0) is 44.6 Å². The molecule has 0 saturated carbocycles. The van der Waals surface area contributed by atoms with Crippen molar-refractivity contribution in [2.24, 2.45) is 5.92 Å².